The summed E-state index contributed by atoms with van der Waals surface area (Å²) in [6, 6.07) is 0.271. The third-order valence-corrected chi connectivity index (χ3v) is 4.20. The molecule has 0 aromatic rings. The summed E-state index contributed by atoms with van der Waals surface area (Å²) in [4.78, 5) is 25.0. The molecule has 114 valence electrons. The van der Waals surface area contributed by atoms with Crippen molar-refractivity contribution in [2.45, 2.75) is 70.6 Å². The third kappa shape index (κ3) is 4.20. The fourth-order valence-electron chi connectivity index (χ4n) is 2.74. The maximum atomic E-state index is 12.3. The lowest BCUT2D eigenvalue weighted by Crippen LogP contribution is -2.38. The highest BCUT2D eigenvalue weighted by atomic mass is 16.5. The normalized spacial score (nSPS) is 27.3. The van der Waals surface area contributed by atoms with Gasteiger partial charge >= 0.3 is 5.97 Å². The number of carbonyl (C=O) groups excluding carboxylic acids is 1. The molecule has 0 aromatic carbocycles. The molecule has 1 amide bonds. The molecule has 0 unspecified atom stereocenters. The summed E-state index contributed by atoms with van der Waals surface area (Å²) >= 11 is 0. The van der Waals surface area contributed by atoms with E-state index in [2.05, 4.69) is 6.92 Å². The minimum absolute atomic E-state index is 0.0868. The minimum atomic E-state index is -0.837. The molecule has 1 saturated heterocycles. The van der Waals surface area contributed by atoms with E-state index >= 15 is 0 Å². The summed E-state index contributed by atoms with van der Waals surface area (Å²) in [5.41, 5.74) is 0. The highest BCUT2D eigenvalue weighted by Crippen LogP contribution is 2.29. The van der Waals surface area contributed by atoms with Crippen LogP contribution in [-0.2, 0) is 14.3 Å². The largest absolute Gasteiger partial charge is 0.481 e. The van der Waals surface area contributed by atoms with Crippen molar-refractivity contribution in [1.29, 1.82) is 0 Å². The van der Waals surface area contributed by atoms with Gasteiger partial charge in [0.25, 0.3) is 0 Å². The average Bonchev–Trinajstić information content (AvgIpc) is 3.15. The zero-order valence-electron chi connectivity index (χ0n) is 12.4. The Kier molecular flexibility index (Phi) is 5.02. The second kappa shape index (κ2) is 6.57. The lowest BCUT2D eigenvalue weighted by atomic mass is 10.1. The number of hydrogen-bond donors (Lipinski definition) is 1. The van der Waals surface area contributed by atoms with Crippen molar-refractivity contribution in [3.8, 4) is 0 Å². The predicted molar refractivity (Wildman–Crippen MR) is 74.3 cm³/mol. The average molecular weight is 283 g/mol. The lowest BCUT2D eigenvalue weighted by molar-refractivity contribution is -0.143. The quantitative estimate of drug-likeness (QED) is 0.776. The van der Waals surface area contributed by atoms with Crippen LogP contribution in [0.2, 0.25) is 0 Å². The van der Waals surface area contributed by atoms with Crippen LogP contribution in [0.5, 0.6) is 0 Å². The predicted octanol–water partition coefficient (Wildman–Crippen LogP) is 2.05. The zero-order valence-corrected chi connectivity index (χ0v) is 12.4. The first kappa shape index (κ1) is 15.3. The van der Waals surface area contributed by atoms with Gasteiger partial charge in [-0.3, -0.25) is 9.59 Å². The molecule has 1 aliphatic heterocycles. The molecule has 5 nitrogen and oxygen atoms in total. The number of amides is 1. The van der Waals surface area contributed by atoms with E-state index in [1.807, 2.05) is 0 Å². The van der Waals surface area contributed by atoms with Gasteiger partial charge in [-0.25, -0.2) is 0 Å². The van der Waals surface area contributed by atoms with Crippen LogP contribution in [-0.4, -0.2) is 46.7 Å². The molecule has 5 heteroatoms. The Hall–Kier alpha value is -1.10. The van der Waals surface area contributed by atoms with Crippen LogP contribution in [0.1, 0.15) is 52.4 Å². The van der Waals surface area contributed by atoms with Crippen LogP contribution in [0.15, 0.2) is 0 Å². The first-order chi connectivity index (χ1) is 9.47. The minimum Gasteiger partial charge on any atom is -0.481 e. The van der Waals surface area contributed by atoms with Crippen molar-refractivity contribution >= 4 is 11.9 Å². The number of carboxylic acids is 1. The van der Waals surface area contributed by atoms with Crippen LogP contribution in [0.4, 0.5) is 0 Å². The van der Waals surface area contributed by atoms with E-state index in [9.17, 15) is 9.59 Å². The Morgan fingerprint density at radius 3 is 2.50 bits per heavy atom. The molecule has 1 saturated carbocycles. The molecule has 20 heavy (non-hydrogen) atoms. The molecule has 0 bridgehead atoms. The Morgan fingerprint density at radius 2 is 2.00 bits per heavy atom. The van der Waals surface area contributed by atoms with Gasteiger partial charge in [0, 0.05) is 19.0 Å². The second-order valence-corrected chi connectivity index (χ2v) is 6.20. The van der Waals surface area contributed by atoms with Gasteiger partial charge in [0.15, 0.2) is 0 Å². The Bertz CT molecular complexity index is 367. The molecule has 1 aliphatic carbocycles. The topological polar surface area (TPSA) is 66.8 Å². The molecule has 2 fully saturated rings. The van der Waals surface area contributed by atoms with Crippen molar-refractivity contribution in [1.82, 2.24) is 4.90 Å². The van der Waals surface area contributed by atoms with Gasteiger partial charge in [-0.1, -0.05) is 6.92 Å². The summed E-state index contributed by atoms with van der Waals surface area (Å²) in [7, 11) is 0. The van der Waals surface area contributed by atoms with Crippen molar-refractivity contribution in [3.63, 3.8) is 0 Å². The van der Waals surface area contributed by atoms with Gasteiger partial charge in [-0.2, -0.15) is 0 Å². The first-order valence-electron chi connectivity index (χ1n) is 7.65. The standard InChI is InChI=1S/C15H25NO4/c1-10(15(18)19)9-16(12-4-5-12)14(17)8-7-13-6-3-11(2)20-13/h10-13H,3-9H2,1-2H3,(H,18,19)/t10-,11-,13+/m1/s1. The van der Waals surface area contributed by atoms with Crippen LogP contribution >= 0.6 is 0 Å². The second-order valence-electron chi connectivity index (χ2n) is 6.20. The van der Waals surface area contributed by atoms with Gasteiger partial charge in [-0.05, 0) is 39.0 Å². The summed E-state index contributed by atoms with van der Waals surface area (Å²) in [6.45, 7) is 4.06. The maximum absolute atomic E-state index is 12.3. The van der Waals surface area contributed by atoms with Crippen LogP contribution in [0, 0.1) is 5.92 Å². The van der Waals surface area contributed by atoms with Crippen LogP contribution in [0.3, 0.4) is 0 Å². The molecule has 3 atom stereocenters. The highest BCUT2D eigenvalue weighted by Gasteiger charge is 2.34. The SMILES string of the molecule is C[C@@H]1CC[C@@H](CCC(=O)N(C[C@@H](C)C(=O)O)C2CC2)O1. The van der Waals surface area contributed by atoms with E-state index < -0.39 is 11.9 Å². The number of carboxylic acid groups (broad SMARTS) is 1. The van der Waals surface area contributed by atoms with Gasteiger partial charge in [0.1, 0.15) is 0 Å². The first-order valence-corrected chi connectivity index (χ1v) is 7.65. The van der Waals surface area contributed by atoms with E-state index in [1.165, 1.54) is 0 Å². The van der Waals surface area contributed by atoms with Crippen molar-refractivity contribution in [2.24, 2.45) is 5.92 Å². The van der Waals surface area contributed by atoms with Gasteiger partial charge in [-0.15, -0.1) is 0 Å². The molecule has 2 aliphatic rings. The van der Waals surface area contributed by atoms with E-state index in [4.69, 9.17) is 9.84 Å². The third-order valence-electron chi connectivity index (χ3n) is 4.20. The van der Waals surface area contributed by atoms with Crippen molar-refractivity contribution in [3.05, 3.63) is 0 Å². The zero-order chi connectivity index (χ0) is 14.7. The summed E-state index contributed by atoms with van der Waals surface area (Å²) in [6.07, 6.45) is 5.86. The molecular weight excluding hydrogens is 258 g/mol. The molecule has 1 N–H and O–H groups in total. The number of carbonyl (C=O) groups is 2. The fourth-order valence-corrected chi connectivity index (χ4v) is 2.74. The van der Waals surface area contributed by atoms with Gasteiger partial charge in [0.05, 0.1) is 18.1 Å². The number of aliphatic carboxylic acids is 1. The molecule has 0 radical (unpaired) electrons. The molecule has 0 spiro atoms. The molecular formula is C15H25NO4. The van der Waals surface area contributed by atoms with E-state index in [0.29, 0.717) is 19.1 Å². The van der Waals surface area contributed by atoms with Gasteiger partial charge in [0.2, 0.25) is 5.91 Å². The number of nitrogens with zero attached hydrogens (tertiary/aromatic N) is 1. The Labute approximate surface area is 120 Å². The van der Waals surface area contributed by atoms with Gasteiger partial charge < -0.3 is 14.7 Å². The van der Waals surface area contributed by atoms with Crippen molar-refractivity contribution < 1.29 is 19.4 Å². The van der Waals surface area contributed by atoms with E-state index in [0.717, 1.165) is 32.1 Å². The van der Waals surface area contributed by atoms with Crippen LogP contribution in [0.25, 0.3) is 0 Å². The monoisotopic (exact) mass is 283 g/mol. The lowest BCUT2D eigenvalue weighted by Gasteiger charge is -2.25. The molecule has 0 aromatic heterocycles. The maximum Gasteiger partial charge on any atom is 0.308 e. The number of hydrogen-bond acceptors (Lipinski definition) is 3. The summed E-state index contributed by atoms with van der Waals surface area (Å²) < 4.78 is 5.72. The summed E-state index contributed by atoms with van der Waals surface area (Å²) in [5, 5.41) is 8.99. The van der Waals surface area contributed by atoms with Crippen LogP contribution < -0.4 is 0 Å². The Balaban J connectivity index is 1.79. The fraction of sp³-hybridized carbons (Fsp3) is 0.867. The Morgan fingerprint density at radius 1 is 1.30 bits per heavy atom. The molecule has 1 heterocycles. The summed E-state index contributed by atoms with van der Waals surface area (Å²) in [5.74, 6) is -1.25. The number of ether oxygens (including phenoxy) is 1. The molecule has 2 rings (SSSR count). The highest BCUT2D eigenvalue weighted by molar-refractivity contribution is 5.78. The smallest absolute Gasteiger partial charge is 0.308 e. The van der Waals surface area contributed by atoms with E-state index in [1.54, 1.807) is 11.8 Å². The van der Waals surface area contributed by atoms with Crippen molar-refractivity contribution in [2.75, 3.05) is 6.54 Å². The number of rotatable bonds is 7. The van der Waals surface area contributed by atoms with E-state index in [-0.39, 0.29) is 18.1 Å².